The summed E-state index contributed by atoms with van der Waals surface area (Å²) in [7, 11) is 0. The number of halogens is 3. The molecule has 0 saturated heterocycles. The number of aliphatic hydroxyl groups excluding tert-OH is 1. The zero-order chi connectivity index (χ0) is 13.8. The molecule has 0 saturated carbocycles. The Morgan fingerprint density at radius 3 is 2.63 bits per heavy atom. The molecule has 0 amide bonds. The van der Waals surface area contributed by atoms with Gasteiger partial charge in [-0.3, -0.25) is 4.98 Å². The highest BCUT2D eigenvalue weighted by Gasteiger charge is 2.14. The first kappa shape index (κ1) is 13.9. The van der Waals surface area contributed by atoms with E-state index in [-0.39, 0.29) is 12.0 Å². The molecule has 1 atom stereocenters. The summed E-state index contributed by atoms with van der Waals surface area (Å²) in [4.78, 5) is 3.85. The van der Waals surface area contributed by atoms with Crippen molar-refractivity contribution >= 4 is 11.6 Å². The number of aliphatic hydroxyl groups is 1. The van der Waals surface area contributed by atoms with E-state index in [0.717, 1.165) is 5.56 Å². The summed E-state index contributed by atoms with van der Waals surface area (Å²) in [5.74, 6) is 0. The van der Waals surface area contributed by atoms with Crippen molar-refractivity contribution in [3.8, 4) is 0 Å². The molecular formula is C14H12ClF2NO. The number of hydrogen-bond donors (Lipinski definition) is 1. The van der Waals surface area contributed by atoms with Crippen LogP contribution in [0.4, 0.5) is 8.78 Å². The molecule has 2 rings (SSSR count). The van der Waals surface area contributed by atoms with Gasteiger partial charge in [-0.25, -0.2) is 8.78 Å². The van der Waals surface area contributed by atoms with Gasteiger partial charge in [-0.2, -0.15) is 0 Å². The molecule has 19 heavy (non-hydrogen) atoms. The van der Waals surface area contributed by atoms with Gasteiger partial charge in [0.2, 0.25) is 0 Å². The number of rotatable bonds is 4. The largest absolute Gasteiger partial charge is 0.388 e. The molecule has 2 nitrogen and oxygen atoms in total. The zero-order valence-corrected chi connectivity index (χ0v) is 10.7. The molecule has 0 aliphatic carbocycles. The van der Waals surface area contributed by atoms with Gasteiger partial charge in [0.25, 0.3) is 6.43 Å². The minimum absolute atomic E-state index is 0.0997. The normalized spacial score (nSPS) is 12.7. The quantitative estimate of drug-likeness (QED) is 0.922. The Morgan fingerprint density at radius 1 is 1.21 bits per heavy atom. The fourth-order valence-electron chi connectivity index (χ4n) is 1.80. The van der Waals surface area contributed by atoms with Crippen LogP contribution in [0, 0.1) is 0 Å². The Labute approximate surface area is 114 Å². The summed E-state index contributed by atoms with van der Waals surface area (Å²) in [6.45, 7) is 0. The average molecular weight is 284 g/mol. The summed E-state index contributed by atoms with van der Waals surface area (Å²) in [6, 6.07) is 7.47. The van der Waals surface area contributed by atoms with E-state index >= 15 is 0 Å². The third-order valence-corrected chi connectivity index (χ3v) is 3.16. The molecule has 2 aromatic rings. The van der Waals surface area contributed by atoms with Crippen LogP contribution < -0.4 is 0 Å². The Bertz CT molecular complexity index is 563. The number of alkyl halides is 2. The van der Waals surface area contributed by atoms with E-state index in [4.69, 9.17) is 11.6 Å². The van der Waals surface area contributed by atoms with Gasteiger partial charge in [-0.05, 0) is 23.3 Å². The van der Waals surface area contributed by atoms with Gasteiger partial charge in [0.05, 0.1) is 11.1 Å². The summed E-state index contributed by atoms with van der Waals surface area (Å²) >= 11 is 5.94. The minimum atomic E-state index is -2.54. The van der Waals surface area contributed by atoms with E-state index in [0.29, 0.717) is 10.6 Å². The summed E-state index contributed by atoms with van der Waals surface area (Å²) in [5.41, 5.74) is 1.08. The van der Waals surface area contributed by atoms with Gasteiger partial charge in [0, 0.05) is 24.4 Å². The second-order valence-electron chi connectivity index (χ2n) is 4.16. The third kappa shape index (κ3) is 3.49. The molecule has 0 radical (unpaired) electrons. The first-order chi connectivity index (χ1) is 9.08. The van der Waals surface area contributed by atoms with E-state index in [1.165, 1.54) is 24.4 Å². The molecule has 0 spiro atoms. The number of benzene rings is 1. The molecule has 1 heterocycles. The van der Waals surface area contributed by atoms with Crippen LogP contribution >= 0.6 is 11.6 Å². The van der Waals surface area contributed by atoms with Gasteiger partial charge < -0.3 is 5.11 Å². The van der Waals surface area contributed by atoms with Crippen LogP contribution in [-0.2, 0) is 6.42 Å². The molecule has 1 N–H and O–H groups in total. The van der Waals surface area contributed by atoms with Gasteiger partial charge in [0.1, 0.15) is 0 Å². The predicted molar refractivity (Wildman–Crippen MR) is 69.3 cm³/mol. The second kappa shape index (κ2) is 6.08. The number of aromatic nitrogens is 1. The number of hydrogen-bond acceptors (Lipinski definition) is 2. The van der Waals surface area contributed by atoms with Crippen LogP contribution in [0.1, 0.15) is 29.2 Å². The molecule has 0 fully saturated rings. The smallest absolute Gasteiger partial charge is 0.263 e. The van der Waals surface area contributed by atoms with Crippen LogP contribution in [0.2, 0.25) is 5.02 Å². The molecule has 1 aromatic carbocycles. The highest BCUT2D eigenvalue weighted by molar-refractivity contribution is 6.31. The molecule has 100 valence electrons. The maximum atomic E-state index is 12.6. The minimum Gasteiger partial charge on any atom is -0.388 e. The third-order valence-electron chi connectivity index (χ3n) is 2.82. The summed E-state index contributed by atoms with van der Waals surface area (Å²) in [6.07, 6.45) is -0.105. The van der Waals surface area contributed by atoms with E-state index in [1.807, 2.05) is 0 Å². The SMILES string of the molecule is OC(Cc1ccncc1Cl)c1cccc(C(F)F)c1. The first-order valence-electron chi connectivity index (χ1n) is 5.72. The van der Waals surface area contributed by atoms with Crippen molar-refractivity contribution in [3.63, 3.8) is 0 Å². The van der Waals surface area contributed by atoms with Gasteiger partial charge in [-0.1, -0.05) is 29.8 Å². The standard InChI is InChI=1S/C14H12ClF2NO/c15-12-8-18-5-4-9(12)7-13(19)10-2-1-3-11(6-10)14(16)17/h1-6,8,13-14,19H,7H2. The van der Waals surface area contributed by atoms with Crippen LogP contribution in [0.25, 0.3) is 0 Å². The van der Waals surface area contributed by atoms with Crippen LogP contribution in [0.5, 0.6) is 0 Å². The highest BCUT2D eigenvalue weighted by atomic mass is 35.5. The second-order valence-corrected chi connectivity index (χ2v) is 4.57. The van der Waals surface area contributed by atoms with Crippen molar-refractivity contribution < 1.29 is 13.9 Å². The fourth-order valence-corrected chi connectivity index (χ4v) is 1.99. The van der Waals surface area contributed by atoms with E-state index < -0.39 is 12.5 Å². The molecule has 0 bridgehead atoms. The average Bonchev–Trinajstić information content (AvgIpc) is 2.41. The van der Waals surface area contributed by atoms with Crippen LogP contribution in [0.3, 0.4) is 0 Å². The highest BCUT2D eigenvalue weighted by Crippen LogP contribution is 2.26. The predicted octanol–water partition coefficient (Wildman–Crippen LogP) is 3.95. The van der Waals surface area contributed by atoms with Crippen molar-refractivity contribution in [2.24, 2.45) is 0 Å². The fraction of sp³-hybridized carbons (Fsp3) is 0.214. The molecule has 5 heteroatoms. The van der Waals surface area contributed by atoms with E-state index in [9.17, 15) is 13.9 Å². The Hall–Kier alpha value is -1.52. The van der Waals surface area contributed by atoms with Crippen molar-refractivity contribution in [1.29, 1.82) is 0 Å². The summed E-state index contributed by atoms with van der Waals surface area (Å²) in [5, 5.41) is 10.5. The van der Waals surface area contributed by atoms with E-state index in [2.05, 4.69) is 4.98 Å². The number of pyridine rings is 1. The van der Waals surface area contributed by atoms with Gasteiger partial charge in [0.15, 0.2) is 0 Å². The lowest BCUT2D eigenvalue weighted by molar-refractivity contribution is 0.149. The number of nitrogens with zero attached hydrogens (tertiary/aromatic N) is 1. The van der Waals surface area contributed by atoms with E-state index in [1.54, 1.807) is 18.3 Å². The maximum absolute atomic E-state index is 12.6. The summed E-state index contributed by atoms with van der Waals surface area (Å²) < 4.78 is 25.2. The zero-order valence-electron chi connectivity index (χ0n) is 9.93. The Morgan fingerprint density at radius 2 is 1.95 bits per heavy atom. The molecule has 0 aliphatic heterocycles. The Kier molecular flexibility index (Phi) is 4.45. The lowest BCUT2D eigenvalue weighted by Gasteiger charge is -2.13. The van der Waals surface area contributed by atoms with Gasteiger partial charge in [-0.15, -0.1) is 0 Å². The van der Waals surface area contributed by atoms with Crippen molar-refractivity contribution in [2.75, 3.05) is 0 Å². The van der Waals surface area contributed by atoms with Crippen molar-refractivity contribution in [3.05, 3.63) is 64.4 Å². The molecule has 0 aliphatic rings. The van der Waals surface area contributed by atoms with Crippen LogP contribution in [-0.4, -0.2) is 10.1 Å². The topological polar surface area (TPSA) is 33.1 Å². The Balaban J connectivity index is 2.18. The lowest BCUT2D eigenvalue weighted by Crippen LogP contribution is -2.03. The molecule has 1 aromatic heterocycles. The van der Waals surface area contributed by atoms with Crippen molar-refractivity contribution in [1.82, 2.24) is 4.98 Å². The lowest BCUT2D eigenvalue weighted by atomic mass is 10.0. The monoisotopic (exact) mass is 283 g/mol. The first-order valence-corrected chi connectivity index (χ1v) is 6.10. The molecule has 1 unspecified atom stereocenters. The maximum Gasteiger partial charge on any atom is 0.263 e. The van der Waals surface area contributed by atoms with Gasteiger partial charge >= 0.3 is 0 Å². The molecular weight excluding hydrogens is 272 g/mol. The van der Waals surface area contributed by atoms with Crippen LogP contribution in [0.15, 0.2) is 42.7 Å². The van der Waals surface area contributed by atoms with Crippen molar-refractivity contribution in [2.45, 2.75) is 19.0 Å².